The van der Waals surface area contributed by atoms with Gasteiger partial charge in [-0.25, -0.2) is 0 Å². The predicted octanol–water partition coefficient (Wildman–Crippen LogP) is 2.18. The maximum atomic E-state index is 5.44. The second-order valence-corrected chi connectivity index (χ2v) is 4.18. The molecule has 0 aromatic rings. The van der Waals surface area contributed by atoms with E-state index in [-0.39, 0.29) is 0 Å². The van der Waals surface area contributed by atoms with Crippen LogP contribution in [0.25, 0.3) is 0 Å². The van der Waals surface area contributed by atoms with Gasteiger partial charge in [0.1, 0.15) is 6.10 Å². The van der Waals surface area contributed by atoms with Crippen LogP contribution in [0.2, 0.25) is 0 Å². The van der Waals surface area contributed by atoms with E-state index in [0.717, 1.165) is 11.7 Å². The van der Waals surface area contributed by atoms with Gasteiger partial charge >= 0.3 is 0 Å². The van der Waals surface area contributed by atoms with Crippen LogP contribution in [-0.2, 0) is 4.74 Å². The fraction of sp³-hybridized carbons (Fsp3) is 0.750. The molecule has 1 fully saturated rings. The van der Waals surface area contributed by atoms with E-state index in [9.17, 15) is 0 Å². The van der Waals surface area contributed by atoms with E-state index in [0.29, 0.717) is 6.10 Å². The van der Waals surface area contributed by atoms with E-state index < -0.39 is 0 Å². The van der Waals surface area contributed by atoms with Crippen molar-refractivity contribution < 1.29 is 4.74 Å². The summed E-state index contributed by atoms with van der Waals surface area (Å²) in [6, 6.07) is 0. The molecule has 2 unspecified atom stereocenters. The Labute approximate surface area is 65.8 Å². The Morgan fingerprint density at radius 1 is 1.50 bits per heavy atom. The summed E-state index contributed by atoms with van der Waals surface area (Å²) in [4.78, 5) is 0. The first-order valence-corrected chi connectivity index (χ1v) is 4.94. The first-order valence-electron chi connectivity index (χ1n) is 3.89. The van der Waals surface area contributed by atoms with E-state index in [1.165, 1.54) is 18.6 Å². The monoisotopic (exact) mass is 156 g/mol. The molecule has 0 spiro atoms. The minimum absolute atomic E-state index is 0.507. The minimum atomic E-state index is 0.507. The first-order chi connectivity index (χ1) is 4.97. The highest BCUT2D eigenvalue weighted by Gasteiger charge is 2.27. The fourth-order valence-corrected chi connectivity index (χ4v) is 2.90. The number of hydrogen-bond acceptors (Lipinski definition) is 2. The van der Waals surface area contributed by atoms with Gasteiger partial charge in [0.15, 0.2) is 0 Å². The largest absolute Gasteiger partial charge is 0.497 e. The molecular formula is C8H12OS. The summed E-state index contributed by atoms with van der Waals surface area (Å²) >= 11 is 2.07. The smallest absolute Gasteiger partial charge is 0.113 e. The molecule has 1 saturated heterocycles. The van der Waals surface area contributed by atoms with Crippen LogP contribution in [0.4, 0.5) is 0 Å². The molecule has 0 saturated carbocycles. The highest BCUT2D eigenvalue weighted by Crippen LogP contribution is 2.33. The average Bonchev–Trinajstić information content (AvgIpc) is 2.59. The molecule has 2 aliphatic heterocycles. The van der Waals surface area contributed by atoms with Crippen LogP contribution in [0, 0.1) is 0 Å². The van der Waals surface area contributed by atoms with Gasteiger partial charge in [-0.05, 0) is 24.7 Å². The molecule has 0 amide bonds. The molecule has 10 heavy (non-hydrogen) atoms. The summed E-state index contributed by atoms with van der Waals surface area (Å²) < 4.78 is 5.44. The Hall–Kier alpha value is -0.110. The van der Waals surface area contributed by atoms with E-state index in [1.54, 1.807) is 0 Å². The molecule has 0 aromatic carbocycles. The van der Waals surface area contributed by atoms with Crippen LogP contribution in [-0.4, -0.2) is 17.1 Å². The first kappa shape index (κ1) is 6.59. The van der Waals surface area contributed by atoms with Gasteiger partial charge in [0.2, 0.25) is 0 Å². The number of ether oxygens (including phenoxy) is 1. The summed E-state index contributed by atoms with van der Waals surface area (Å²) in [6.45, 7) is 0. The second-order valence-electron chi connectivity index (χ2n) is 2.83. The molecule has 2 heterocycles. The van der Waals surface area contributed by atoms with E-state index in [2.05, 4.69) is 17.8 Å². The highest BCUT2D eigenvalue weighted by atomic mass is 32.2. The molecule has 2 heteroatoms. The fourth-order valence-electron chi connectivity index (χ4n) is 1.54. The van der Waals surface area contributed by atoms with Crippen molar-refractivity contribution in [2.75, 3.05) is 5.75 Å². The molecule has 2 atom stereocenters. The van der Waals surface area contributed by atoms with Crippen LogP contribution in [0.15, 0.2) is 12.3 Å². The lowest BCUT2D eigenvalue weighted by Crippen LogP contribution is -2.18. The van der Waals surface area contributed by atoms with Crippen molar-refractivity contribution in [2.24, 2.45) is 0 Å². The zero-order valence-corrected chi connectivity index (χ0v) is 6.77. The third-order valence-electron chi connectivity index (χ3n) is 2.10. The summed E-state index contributed by atoms with van der Waals surface area (Å²) in [7, 11) is 0. The van der Waals surface area contributed by atoms with Crippen molar-refractivity contribution in [3.8, 4) is 0 Å². The normalized spacial score (nSPS) is 38.4. The Balaban J connectivity index is 1.87. The molecular weight excluding hydrogens is 144 g/mol. The lowest BCUT2D eigenvalue weighted by Gasteiger charge is -2.16. The molecule has 0 N–H and O–H groups in total. The number of thioether (sulfide) groups is 1. The van der Waals surface area contributed by atoms with E-state index in [1.807, 2.05) is 6.26 Å². The Bertz CT molecular complexity index is 130. The molecule has 2 rings (SSSR count). The highest BCUT2D eigenvalue weighted by molar-refractivity contribution is 8.00. The van der Waals surface area contributed by atoms with Gasteiger partial charge in [-0.3, -0.25) is 0 Å². The standard InChI is InChI=1S/C8H12OS/c1-3-7(9-5-1)8-4-2-6-10-8/h1,5,7-8H,2-4,6H2. The molecule has 2 aliphatic rings. The van der Waals surface area contributed by atoms with E-state index in [4.69, 9.17) is 4.74 Å². The van der Waals surface area contributed by atoms with Gasteiger partial charge < -0.3 is 4.74 Å². The molecule has 56 valence electrons. The molecule has 1 nitrogen and oxygen atoms in total. The lowest BCUT2D eigenvalue weighted by molar-refractivity contribution is 0.166. The van der Waals surface area contributed by atoms with Crippen molar-refractivity contribution in [3.63, 3.8) is 0 Å². The number of hydrogen-bond donors (Lipinski definition) is 0. The molecule has 0 radical (unpaired) electrons. The quantitative estimate of drug-likeness (QED) is 0.575. The van der Waals surface area contributed by atoms with Crippen LogP contribution in [0.5, 0.6) is 0 Å². The van der Waals surface area contributed by atoms with Crippen molar-refractivity contribution in [3.05, 3.63) is 12.3 Å². The third-order valence-corrected chi connectivity index (χ3v) is 3.59. The summed E-state index contributed by atoms with van der Waals surface area (Å²) in [5.41, 5.74) is 0. The lowest BCUT2D eigenvalue weighted by atomic mass is 10.1. The predicted molar refractivity (Wildman–Crippen MR) is 44.1 cm³/mol. The van der Waals surface area contributed by atoms with Crippen LogP contribution >= 0.6 is 11.8 Å². The molecule has 0 aromatic heterocycles. The Kier molecular flexibility index (Phi) is 1.89. The van der Waals surface area contributed by atoms with Gasteiger partial charge in [-0.1, -0.05) is 0 Å². The zero-order valence-electron chi connectivity index (χ0n) is 5.95. The number of rotatable bonds is 1. The summed E-state index contributed by atoms with van der Waals surface area (Å²) in [5.74, 6) is 1.34. The molecule has 0 aliphatic carbocycles. The minimum Gasteiger partial charge on any atom is -0.497 e. The second kappa shape index (κ2) is 2.87. The van der Waals surface area contributed by atoms with Crippen molar-refractivity contribution in [1.82, 2.24) is 0 Å². The average molecular weight is 156 g/mol. The SMILES string of the molecule is C1=COC(C2CCCS2)C1. The van der Waals surface area contributed by atoms with Crippen molar-refractivity contribution in [1.29, 1.82) is 0 Å². The van der Waals surface area contributed by atoms with Gasteiger partial charge in [0.05, 0.1) is 6.26 Å². The van der Waals surface area contributed by atoms with Gasteiger partial charge in [0.25, 0.3) is 0 Å². The van der Waals surface area contributed by atoms with Gasteiger partial charge in [-0.15, -0.1) is 0 Å². The third kappa shape index (κ3) is 1.17. The summed E-state index contributed by atoms with van der Waals surface area (Å²) in [6.07, 6.45) is 8.37. The van der Waals surface area contributed by atoms with Crippen molar-refractivity contribution in [2.45, 2.75) is 30.6 Å². The summed E-state index contributed by atoms with van der Waals surface area (Å²) in [5, 5.41) is 0.787. The maximum Gasteiger partial charge on any atom is 0.113 e. The Morgan fingerprint density at radius 3 is 3.10 bits per heavy atom. The van der Waals surface area contributed by atoms with Crippen LogP contribution < -0.4 is 0 Å². The van der Waals surface area contributed by atoms with Gasteiger partial charge in [-0.2, -0.15) is 11.8 Å². The van der Waals surface area contributed by atoms with Crippen LogP contribution in [0.1, 0.15) is 19.3 Å². The van der Waals surface area contributed by atoms with E-state index >= 15 is 0 Å². The van der Waals surface area contributed by atoms with Gasteiger partial charge in [0, 0.05) is 11.7 Å². The zero-order chi connectivity index (χ0) is 6.81. The van der Waals surface area contributed by atoms with Crippen molar-refractivity contribution >= 4 is 11.8 Å². The Morgan fingerprint density at radius 2 is 2.50 bits per heavy atom. The topological polar surface area (TPSA) is 9.23 Å². The molecule has 0 bridgehead atoms. The van der Waals surface area contributed by atoms with Crippen LogP contribution in [0.3, 0.4) is 0 Å². The maximum absolute atomic E-state index is 5.44.